The molecule has 5 heteroatoms. The quantitative estimate of drug-likeness (QED) is 0.593. The van der Waals surface area contributed by atoms with Gasteiger partial charge in [-0.15, -0.1) is 0 Å². The molecule has 0 amide bonds. The van der Waals surface area contributed by atoms with E-state index in [9.17, 15) is 14.0 Å². The summed E-state index contributed by atoms with van der Waals surface area (Å²) in [6, 6.07) is 10.3. The molecule has 0 aliphatic heterocycles. The number of Topliss-reactive ketones (excluding diaryl/α,β-unsaturated/α-hetero) is 2. The molecule has 1 aromatic heterocycles. The van der Waals surface area contributed by atoms with Crippen LogP contribution in [0.5, 0.6) is 5.75 Å². The van der Waals surface area contributed by atoms with E-state index in [0.29, 0.717) is 16.7 Å². The maximum absolute atomic E-state index is 13.3. The van der Waals surface area contributed by atoms with Crippen LogP contribution in [0.15, 0.2) is 48.7 Å². The number of ketones is 2. The van der Waals surface area contributed by atoms with Gasteiger partial charge in [0.25, 0.3) is 0 Å². The molecular formula is C17H12FNO3. The number of carbonyl (C=O) groups excluding carboxylic acids is 2. The lowest BCUT2D eigenvalue weighted by Gasteiger charge is -2.02. The van der Waals surface area contributed by atoms with Gasteiger partial charge < -0.3 is 9.72 Å². The smallest absolute Gasteiger partial charge is 0.235 e. The molecule has 3 rings (SSSR count). The predicted molar refractivity (Wildman–Crippen MR) is 79.9 cm³/mol. The van der Waals surface area contributed by atoms with Crippen molar-refractivity contribution in [2.45, 2.75) is 0 Å². The van der Waals surface area contributed by atoms with Gasteiger partial charge in [0.1, 0.15) is 11.6 Å². The summed E-state index contributed by atoms with van der Waals surface area (Å²) in [6.07, 6.45) is 1.42. The van der Waals surface area contributed by atoms with Gasteiger partial charge >= 0.3 is 0 Å². The van der Waals surface area contributed by atoms with Crippen molar-refractivity contribution in [2.75, 3.05) is 7.11 Å². The Morgan fingerprint density at radius 3 is 2.45 bits per heavy atom. The van der Waals surface area contributed by atoms with E-state index in [-0.39, 0.29) is 11.1 Å². The van der Waals surface area contributed by atoms with Crippen molar-refractivity contribution in [1.82, 2.24) is 4.98 Å². The highest BCUT2D eigenvalue weighted by molar-refractivity contribution is 6.50. The van der Waals surface area contributed by atoms with Gasteiger partial charge in [0, 0.05) is 22.7 Å². The van der Waals surface area contributed by atoms with Gasteiger partial charge in [0.15, 0.2) is 0 Å². The fraction of sp³-hybridized carbons (Fsp3) is 0.0588. The average molecular weight is 297 g/mol. The molecule has 0 radical (unpaired) electrons. The predicted octanol–water partition coefficient (Wildman–Crippen LogP) is 3.38. The van der Waals surface area contributed by atoms with E-state index in [2.05, 4.69) is 4.98 Å². The summed E-state index contributed by atoms with van der Waals surface area (Å²) in [6.45, 7) is 0. The molecule has 110 valence electrons. The molecule has 1 N–H and O–H groups in total. The van der Waals surface area contributed by atoms with Crippen LogP contribution < -0.4 is 4.74 Å². The molecule has 0 fully saturated rings. The number of benzene rings is 2. The number of halogens is 1. The third-order valence-electron chi connectivity index (χ3n) is 3.45. The summed E-state index contributed by atoms with van der Waals surface area (Å²) in [5.74, 6) is -1.19. The molecule has 0 saturated heterocycles. The summed E-state index contributed by atoms with van der Waals surface area (Å²) >= 11 is 0. The number of aromatic amines is 1. The first-order valence-electron chi connectivity index (χ1n) is 6.60. The van der Waals surface area contributed by atoms with Gasteiger partial charge in [0.2, 0.25) is 11.6 Å². The second kappa shape index (κ2) is 5.44. The average Bonchev–Trinajstić information content (AvgIpc) is 2.96. The van der Waals surface area contributed by atoms with Crippen LogP contribution in [0.2, 0.25) is 0 Å². The van der Waals surface area contributed by atoms with Gasteiger partial charge in [-0.2, -0.15) is 0 Å². The van der Waals surface area contributed by atoms with Crippen LogP contribution in [-0.2, 0) is 0 Å². The SMILES string of the molecule is COc1ccc(C(=O)C(=O)c2c[nH]c3ccc(F)cc23)cc1. The number of carbonyl (C=O) groups is 2. The Labute approximate surface area is 125 Å². The van der Waals surface area contributed by atoms with Gasteiger partial charge in [-0.05, 0) is 42.5 Å². The fourth-order valence-electron chi connectivity index (χ4n) is 2.28. The van der Waals surface area contributed by atoms with Crippen molar-refractivity contribution < 1.29 is 18.7 Å². The normalized spacial score (nSPS) is 10.6. The molecule has 0 unspecified atom stereocenters. The van der Waals surface area contributed by atoms with Crippen molar-refractivity contribution >= 4 is 22.5 Å². The third kappa shape index (κ3) is 2.37. The molecule has 4 nitrogen and oxygen atoms in total. The van der Waals surface area contributed by atoms with Crippen LogP contribution in [0.1, 0.15) is 20.7 Å². The van der Waals surface area contributed by atoms with Gasteiger partial charge in [-0.3, -0.25) is 9.59 Å². The van der Waals surface area contributed by atoms with Crippen LogP contribution in [0.4, 0.5) is 4.39 Å². The molecule has 0 aliphatic carbocycles. The Bertz CT molecular complexity index is 865. The van der Waals surface area contributed by atoms with E-state index in [1.165, 1.54) is 43.6 Å². The molecule has 0 aliphatic rings. The van der Waals surface area contributed by atoms with E-state index in [4.69, 9.17) is 4.74 Å². The van der Waals surface area contributed by atoms with Gasteiger partial charge in [0.05, 0.1) is 12.7 Å². The van der Waals surface area contributed by atoms with Crippen LogP contribution in [0.25, 0.3) is 10.9 Å². The number of ether oxygens (including phenoxy) is 1. The topological polar surface area (TPSA) is 59.2 Å². The number of hydrogen-bond acceptors (Lipinski definition) is 3. The number of aromatic nitrogens is 1. The number of fused-ring (bicyclic) bond motifs is 1. The fourth-order valence-corrected chi connectivity index (χ4v) is 2.28. The second-order valence-corrected chi connectivity index (χ2v) is 4.78. The lowest BCUT2D eigenvalue weighted by atomic mass is 10.0. The zero-order valence-electron chi connectivity index (χ0n) is 11.7. The molecule has 2 aromatic carbocycles. The van der Waals surface area contributed by atoms with E-state index in [0.717, 1.165) is 0 Å². The summed E-state index contributed by atoms with van der Waals surface area (Å²) in [5.41, 5.74) is 1.03. The molecule has 0 saturated carbocycles. The van der Waals surface area contributed by atoms with Crippen molar-refractivity contribution in [3.8, 4) is 5.75 Å². The van der Waals surface area contributed by atoms with Gasteiger partial charge in [-0.1, -0.05) is 0 Å². The monoisotopic (exact) mass is 297 g/mol. The van der Waals surface area contributed by atoms with Crippen molar-refractivity contribution in [3.63, 3.8) is 0 Å². The van der Waals surface area contributed by atoms with Crippen LogP contribution in [0, 0.1) is 5.82 Å². The molecule has 3 aromatic rings. The zero-order valence-corrected chi connectivity index (χ0v) is 11.7. The third-order valence-corrected chi connectivity index (χ3v) is 3.45. The van der Waals surface area contributed by atoms with E-state index >= 15 is 0 Å². The summed E-state index contributed by atoms with van der Waals surface area (Å²) < 4.78 is 18.4. The summed E-state index contributed by atoms with van der Waals surface area (Å²) in [4.78, 5) is 27.5. The molecule has 1 heterocycles. The second-order valence-electron chi connectivity index (χ2n) is 4.78. The Morgan fingerprint density at radius 2 is 1.77 bits per heavy atom. The molecular weight excluding hydrogens is 285 g/mol. The lowest BCUT2D eigenvalue weighted by Crippen LogP contribution is -2.14. The minimum atomic E-state index is -0.679. The summed E-state index contributed by atoms with van der Waals surface area (Å²) in [5, 5.41) is 0.395. The van der Waals surface area contributed by atoms with Gasteiger partial charge in [-0.25, -0.2) is 4.39 Å². The first-order chi connectivity index (χ1) is 10.6. The highest BCUT2D eigenvalue weighted by Crippen LogP contribution is 2.21. The number of hydrogen-bond donors (Lipinski definition) is 1. The van der Waals surface area contributed by atoms with Crippen LogP contribution in [-0.4, -0.2) is 23.7 Å². The van der Waals surface area contributed by atoms with E-state index < -0.39 is 17.4 Å². The Morgan fingerprint density at radius 1 is 1.05 bits per heavy atom. The maximum atomic E-state index is 13.3. The van der Waals surface area contributed by atoms with Crippen molar-refractivity contribution in [3.05, 3.63) is 65.6 Å². The molecule has 0 bridgehead atoms. The molecule has 0 spiro atoms. The summed E-state index contributed by atoms with van der Waals surface area (Å²) in [7, 11) is 1.52. The molecule has 0 atom stereocenters. The number of rotatable bonds is 4. The van der Waals surface area contributed by atoms with E-state index in [1.807, 2.05) is 0 Å². The Balaban J connectivity index is 1.97. The standard InChI is InChI=1S/C17H12FNO3/c1-22-12-5-2-10(3-6-12)16(20)17(21)14-9-19-15-7-4-11(18)8-13(14)15/h2-9,19H,1H3. The Kier molecular flexibility index (Phi) is 3.47. The van der Waals surface area contributed by atoms with E-state index in [1.54, 1.807) is 12.1 Å². The minimum absolute atomic E-state index is 0.162. The van der Waals surface area contributed by atoms with Crippen LogP contribution in [0.3, 0.4) is 0 Å². The largest absolute Gasteiger partial charge is 0.497 e. The van der Waals surface area contributed by atoms with Crippen molar-refractivity contribution in [1.29, 1.82) is 0 Å². The number of H-pyrrole nitrogens is 1. The number of nitrogens with one attached hydrogen (secondary N) is 1. The molecule has 22 heavy (non-hydrogen) atoms. The first-order valence-corrected chi connectivity index (χ1v) is 6.60. The first kappa shape index (κ1) is 14.0. The maximum Gasteiger partial charge on any atom is 0.235 e. The highest BCUT2D eigenvalue weighted by atomic mass is 19.1. The van der Waals surface area contributed by atoms with Crippen LogP contribution >= 0.6 is 0 Å². The lowest BCUT2D eigenvalue weighted by molar-refractivity contribution is 0.0818. The van der Waals surface area contributed by atoms with Crippen molar-refractivity contribution in [2.24, 2.45) is 0 Å². The highest BCUT2D eigenvalue weighted by Gasteiger charge is 2.21. The minimum Gasteiger partial charge on any atom is -0.497 e. The Hall–Kier alpha value is -2.95. The zero-order chi connectivity index (χ0) is 15.7. The number of methoxy groups -OCH3 is 1.